The third-order valence-electron chi connectivity index (χ3n) is 2.30. The zero-order valence-electron chi connectivity index (χ0n) is 9.62. The molecule has 4 nitrogen and oxygen atoms in total. The third-order valence-corrected chi connectivity index (χ3v) is 3.14. The lowest BCUT2D eigenvalue weighted by Crippen LogP contribution is -2.39. The van der Waals surface area contributed by atoms with Gasteiger partial charge >= 0.3 is 0 Å². The number of aryl methyl sites for hydroxylation is 1. The van der Waals surface area contributed by atoms with Gasteiger partial charge in [0.25, 0.3) is 0 Å². The summed E-state index contributed by atoms with van der Waals surface area (Å²) < 4.78 is 0.943. The van der Waals surface area contributed by atoms with E-state index in [4.69, 9.17) is 5.73 Å². The van der Waals surface area contributed by atoms with Crippen molar-refractivity contribution < 1.29 is 4.79 Å². The van der Waals surface area contributed by atoms with Crippen LogP contribution in [0.1, 0.15) is 19.5 Å². The highest BCUT2D eigenvalue weighted by Crippen LogP contribution is 2.17. The van der Waals surface area contributed by atoms with E-state index in [1.807, 2.05) is 32.9 Å². The fraction of sp³-hybridized carbons (Fsp3) is 0.455. The number of primary amides is 1. The van der Waals surface area contributed by atoms with Gasteiger partial charge in [0, 0.05) is 4.47 Å². The van der Waals surface area contributed by atoms with E-state index in [1.165, 1.54) is 0 Å². The van der Waals surface area contributed by atoms with E-state index in [1.54, 1.807) is 0 Å². The standard InChI is InChI=1S/C11H16BrN3O/c1-6(2)10(11(13)16)15-9-5-4-8(12)7(3)14-9/h4-6,10H,1-3H3,(H2,13,16)(H,14,15). The van der Waals surface area contributed by atoms with Crippen molar-refractivity contribution in [3.63, 3.8) is 0 Å². The minimum atomic E-state index is -0.395. The number of carbonyl (C=O) groups excluding carboxylic acids is 1. The number of nitrogens with one attached hydrogen (secondary N) is 1. The Hall–Kier alpha value is -1.10. The Morgan fingerprint density at radius 1 is 1.50 bits per heavy atom. The van der Waals surface area contributed by atoms with Gasteiger partial charge in [-0.3, -0.25) is 4.79 Å². The second kappa shape index (κ2) is 5.30. The number of amides is 1. The topological polar surface area (TPSA) is 68.0 Å². The zero-order valence-corrected chi connectivity index (χ0v) is 11.2. The van der Waals surface area contributed by atoms with Crippen LogP contribution in [0.5, 0.6) is 0 Å². The molecule has 1 rings (SSSR count). The van der Waals surface area contributed by atoms with E-state index in [2.05, 4.69) is 26.2 Å². The molecule has 0 aliphatic carbocycles. The van der Waals surface area contributed by atoms with Crippen LogP contribution in [-0.2, 0) is 4.79 Å². The van der Waals surface area contributed by atoms with Crippen LogP contribution < -0.4 is 11.1 Å². The Bertz CT molecular complexity index is 393. The number of nitrogens with zero attached hydrogens (tertiary/aromatic N) is 1. The maximum atomic E-state index is 11.2. The first-order chi connectivity index (χ1) is 7.41. The number of aromatic nitrogens is 1. The summed E-state index contributed by atoms with van der Waals surface area (Å²) in [5.74, 6) is 0.429. The van der Waals surface area contributed by atoms with E-state index < -0.39 is 6.04 Å². The molecule has 0 aliphatic rings. The van der Waals surface area contributed by atoms with Crippen LogP contribution in [0.25, 0.3) is 0 Å². The van der Waals surface area contributed by atoms with E-state index in [0.29, 0.717) is 5.82 Å². The molecule has 1 aromatic heterocycles. The van der Waals surface area contributed by atoms with Crippen LogP contribution >= 0.6 is 15.9 Å². The lowest BCUT2D eigenvalue weighted by atomic mass is 10.0. The fourth-order valence-corrected chi connectivity index (χ4v) is 1.57. The predicted octanol–water partition coefficient (Wildman–Crippen LogP) is 2.07. The summed E-state index contributed by atoms with van der Waals surface area (Å²) in [6.07, 6.45) is 0. The highest BCUT2D eigenvalue weighted by molar-refractivity contribution is 9.10. The van der Waals surface area contributed by atoms with Crippen LogP contribution in [0.2, 0.25) is 0 Å². The van der Waals surface area contributed by atoms with Crippen LogP contribution in [-0.4, -0.2) is 16.9 Å². The second-order valence-electron chi connectivity index (χ2n) is 4.03. The summed E-state index contributed by atoms with van der Waals surface area (Å²) >= 11 is 3.37. The van der Waals surface area contributed by atoms with Crippen molar-refractivity contribution in [1.29, 1.82) is 0 Å². The van der Waals surface area contributed by atoms with Gasteiger partial charge in [-0.1, -0.05) is 13.8 Å². The number of hydrogen-bond acceptors (Lipinski definition) is 3. The molecule has 1 amide bonds. The Balaban J connectivity index is 2.86. The number of pyridine rings is 1. The molecule has 0 radical (unpaired) electrons. The first-order valence-corrected chi connectivity index (χ1v) is 5.90. The van der Waals surface area contributed by atoms with Crippen molar-refractivity contribution in [3.8, 4) is 0 Å². The fourth-order valence-electron chi connectivity index (χ4n) is 1.35. The summed E-state index contributed by atoms with van der Waals surface area (Å²) in [6, 6.07) is 3.31. The minimum absolute atomic E-state index is 0.128. The molecule has 5 heteroatoms. The van der Waals surface area contributed by atoms with Crippen molar-refractivity contribution in [3.05, 3.63) is 22.3 Å². The number of anilines is 1. The summed E-state index contributed by atoms with van der Waals surface area (Å²) in [5, 5.41) is 3.04. The highest BCUT2D eigenvalue weighted by atomic mass is 79.9. The smallest absolute Gasteiger partial charge is 0.240 e. The van der Waals surface area contributed by atoms with E-state index >= 15 is 0 Å². The Morgan fingerprint density at radius 2 is 2.12 bits per heavy atom. The van der Waals surface area contributed by atoms with Gasteiger partial charge in [-0.05, 0) is 40.9 Å². The van der Waals surface area contributed by atoms with Gasteiger partial charge < -0.3 is 11.1 Å². The number of halogens is 1. The van der Waals surface area contributed by atoms with E-state index in [0.717, 1.165) is 10.2 Å². The molecule has 0 aromatic carbocycles. The third kappa shape index (κ3) is 3.20. The minimum Gasteiger partial charge on any atom is -0.368 e. The molecule has 1 atom stereocenters. The average Bonchev–Trinajstić information content (AvgIpc) is 2.18. The monoisotopic (exact) mass is 285 g/mol. The maximum absolute atomic E-state index is 11.2. The maximum Gasteiger partial charge on any atom is 0.240 e. The number of carbonyl (C=O) groups is 1. The molecule has 0 saturated heterocycles. The van der Waals surface area contributed by atoms with Crippen LogP contribution in [0.4, 0.5) is 5.82 Å². The summed E-state index contributed by atoms with van der Waals surface area (Å²) in [4.78, 5) is 15.5. The Morgan fingerprint density at radius 3 is 2.56 bits per heavy atom. The van der Waals surface area contributed by atoms with Crippen LogP contribution in [0.3, 0.4) is 0 Å². The van der Waals surface area contributed by atoms with Crippen LogP contribution in [0, 0.1) is 12.8 Å². The van der Waals surface area contributed by atoms with Gasteiger partial charge in [-0.2, -0.15) is 0 Å². The van der Waals surface area contributed by atoms with Crippen molar-refractivity contribution in [2.24, 2.45) is 11.7 Å². The van der Waals surface area contributed by atoms with Gasteiger partial charge in [-0.25, -0.2) is 4.98 Å². The Labute approximate surface area is 104 Å². The summed E-state index contributed by atoms with van der Waals surface area (Å²) in [5.41, 5.74) is 6.19. The summed E-state index contributed by atoms with van der Waals surface area (Å²) in [7, 11) is 0. The molecule has 3 N–H and O–H groups in total. The van der Waals surface area contributed by atoms with Gasteiger partial charge in [0.05, 0.1) is 5.69 Å². The SMILES string of the molecule is Cc1nc(NC(C(N)=O)C(C)C)ccc1Br. The lowest BCUT2D eigenvalue weighted by Gasteiger charge is -2.19. The molecular formula is C11H16BrN3O. The van der Waals surface area contributed by atoms with Gasteiger partial charge in [-0.15, -0.1) is 0 Å². The molecule has 0 spiro atoms. The molecule has 1 aromatic rings. The average molecular weight is 286 g/mol. The first kappa shape index (κ1) is 13.0. The molecule has 1 unspecified atom stereocenters. The molecule has 0 aliphatic heterocycles. The van der Waals surface area contributed by atoms with Crippen molar-refractivity contribution in [2.75, 3.05) is 5.32 Å². The lowest BCUT2D eigenvalue weighted by molar-refractivity contribution is -0.119. The highest BCUT2D eigenvalue weighted by Gasteiger charge is 2.19. The summed E-state index contributed by atoms with van der Waals surface area (Å²) in [6.45, 7) is 5.77. The molecule has 0 saturated carbocycles. The first-order valence-electron chi connectivity index (χ1n) is 5.11. The van der Waals surface area contributed by atoms with Crippen molar-refractivity contribution >= 4 is 27.7 Å². The number of rotatable bonds is 4. The molecular weight excluding hydrogens is 270 g/mol. The van der Waals surface area contributed by atoms with Gasteiger partial charge in [0.1, 0.15) is 11.9 Å². The van der Waals surface area contributed by atoms with E-state index in [-0.39, 0.29) is 11.8 Å². The zero-order chi connectivity index (χ0) is 12.3. The number of hydrogen-bond donors (Lipinski definition) is 2. The molecule has 16 heavy (non-hydrogen) atoms. The van der Waals surface area contributed by atoms with Crippen molar-refractivity contribution in [2.45, 2.75) is 26.8 Å². The molecule has 1 heterocycles. The van der Waals surface area contributed by atoms with Crippen molar-refractivity contribution in [1.82, 2.24) is 4.98 Å². The molecule has 88 valence electrons. The van der Waals surface area contributed by atoms with Crippen LogP contribution in [0.15, 0.2) is 16.6 Å². The normalized spacial score (nSPS) is 12.6. The van der Waals surface area contributed by atoms with Gasteiger partial charge in [0.2, 0.25) is 5.91 Å². The molecule has 0 fully saturated rings. The molecule has 0 bridgehead atoms. The van der Waals surface area contributed by atoms with Gasteiger partial charge in [0.15, 0.2) is 0 Å². The largest absolute Gasteiger partial charge is 0.368 e. The second-order valence-corrected chi connectivity index (χ2v) is 4.89. The predicted molar refractivity (Wildman–Crippen MR) is 68.1 cm³/mol. The quantitative estimate of drug-likeness (QED) is 0.890. The number of nitrogens with two attached hydrogens (primary N) is 1. The van der Waals surface area contributed by atoms with E-state index in [9.17, 15) is 4.79 Å². The Kier molecular flexibility index (Phi) is 4.29.